The van der Waals surface area contributed by atoms with Crippen molar-refractivity contribution in [2.45, 2.75) is 18.9 Å². The lowest BCUT2D eigenvalue weighted by atomic mass is 9.79. The smallest absolute Gasteiger partial charge is 0.225 e. The summed E-state index contributed by atoms with van der Waals surface area (Å²) in [5, 5.41) is 0. The zero-order chi connectivity index (χ0) is 11.8. The van der Waals surface area contributed by atoms with Gasteiger partial charge in [0.25, 0.3) is 0 Å². The molecule has 1 aliphatic heterocycles. The van der Waals surface area contributed by atoms with Gasteiger partial charge in [-0.15, -0.1) is 0 Å². The van der Waals surface area contributed by atoms with E-state index in [2.05, 4.69) is 0 Å². The van der Waals surface area contributed by atoms with E-state index in [9.17, 15) is 4.79 Å². The monoisotopic (exact) mass is 218 g/mol. The molecule has 0 bridgehead atoms. The van der Waals surface area contributed by atoms with Crippen LogP contribution in [0.5, 0.6) is 0 Å². The van der Waals surface area contributed by atoms with Gasteiger partial charge in [0.05, 0.1) is 5.54 Å². The summed E-state index contributed by atoms with van der Waals surface area (Å²) in [6.45, 7) is 2.54. The van der Waals surface area contributed by atoms with Crippen molar-refractivity contribution in [1.29, 1.82) is 0 Å². The van der Waals surface area contributed by atoms with Gasteiger partial charge in [-0.25, -0.2) is 0 Å². The molecule has 1 fully saturated rings. The molecule has 2 unspecified atom stereocenters. The molecular formula is C13H18N2O. The van der Waals surface area contributed by atoms with E-state index < -0.39 is 5.54 Å². The van der Waals surface area contributed by atoms with Crippen LogP contribution in [0, 0.1) is 5.92 Å². The van der Waals surface area contributed by atoms with Gasteiger partial charge in [0.15, 0.2) is 0 Å². The van der Waals surface area contributed by atoms with Crippen molar-refractivity contribution in [3.63, 3.8) is 0 Å². The maximum absolute atomic E-state index is 11.7. The molecule has 1 saturated heterocycles. The summed E-state index contributed by atoms with van der Waals surface area (Å²) >= 11 is 0. The number of carbonyl (C=O) groups excluding carboxylic acids is 1. The van der Waals surface area contributed by atoms with Crippen LogP contribution in [-0.2, 0) is 10.3 Å². The van der Waals surface area contributed by atoms with Crippen LogP contribution in [0.3, 0.4) is 0 Å². The van der Waals surface area contributed by atoms with Crippen molar-refractivity contribution in [2.75, 3.05) is 13.6 Å². The molecule has 0 radical (unpaired) electrons. The van der Waals surface area contributed by atoms with Gasteiger partial charge in [-0.2, -0.15) is 0 Å². The molecule has 2 atom stereocenters. The average molecular weight is 218 g/mol. The molecular weight excluding hydrogens is 200 g/mol. The lowest BCUT2D eigenvalue weighted by molar-refractivity contribution is -0.138. The highest BCUT2D eigenvalue weighted by Crippen LogP contribution is 2.31. The first kappa shape index (κ1) is 11.1. The van der Waals surface area contributed by atoms with Crippen LogP contribution in [0.25, 0.3) is 0 Å². The van der Waals surface area contributed by atoms with E-state index in [0.29, 0.717) is 6.54 Å². The Bertz CT molecular complexity index is 374. The van der Waals surface area contributed by atoms with E-state index in [1.807, 2.05) is 44.3 Å². The van der Waals surface area contributed by atoms with Crippen LogP contribution < -0.4 is 5.73 Å². The number of nitrogens with two attached hydrogens (primary N) is 1. The Morgan fingerprint density at radius 1 is 1.38 bits per heavy atom. The van der Waals surface area contributed by atoms with Gasteiger partial charge in [-0.1, -0.05) is 37.3 Å². The van der Waals surface area contributed by atoms with Gasteiger partial charge < -0.3 is 10.6 Å². The molecule has 2 rings (SSSR count). The summed E-state index contributed by atoms with van der Waals surface area (Å²) < 4.78 is 0. The number of nitrogens with zero attached hydrogens (tertiary/aromatic N) is 1. The van der Waals surface area contributed by atoms with E-state index >= 15 is 0 Å². The van der Waals surface area contributed by atoms with Crippen LogP contribution in [0.4, 0.5) is 0 Å². The topological polar surface area (TPSA) is 46.3 Å². The lowest BCUT2D eigenvalue weighted by Crippen LogP contribution is -2.55. The van der Waals surface area contributed by atoms with Gasteiger partial charge >= 0.3 is 0 Å². The number of amides is 1. The zero-order valence-corrected chi connectivity index (χ0v) is 9.81. The molecule has 0 aromatic heterocycles. The van der Waals surface area contributed by atoms with Gasteiger partial charge in [0, 0.05) is 19.5 Å². The Kier molecular flexibility index (Phi) is 2.72. The van der Waals surface area contributed by atoms with E-state index in [0.717, 1.165) is 12.0 Å². The highest BCUT2D eigenvalue weighted by molar-refractivity contribution is 5.79. The molecule has 1 aromatic rings. The Morgan fingerprint density at radius 2 is 2.00 bits per heavy atom. The van der Waals surface area contributed by atoms with E-state index in [1.165, 1.54) is 0 Å². The molecule has 16 heavy (non-hydrogen) atoms. The quantitative estimate of drug-likeness (QED) is 0.773. The number of hydrogen-bond donors (Lipinski definition) is 1. The first-order chi connectivity index (χ1) is 7.53. The van der Waals surface area contributed by atoms with E-state index in [-0.39, 0.29) is 11.8 Å². The molecule has 1 heterocycles. The normalized spacial score (nSPS) is 30.6. The number of carbonyl (C=O) groups is 1. The highest BCUT2D eigenvalue weighted by Gasteiger charge is 2.39. The summed E-state index contributed by atoms with van der Waals surface area (Å²) in [7, 11) is 1.82. The Hall–Kier alpha value is -1.35. The molecule has 2 N–H and O–H groups in total. The fourth-order valence-electron chi connectivity index (χ4n) is 2.55. The number of benzene rings is 1. The molecule has 0 spiro atoms. The van der Waals surface area contributed by atoms with Crippen LogP contribution in [-0.4, -0.2) is 24.4 Å². The maximum Gasteiger partial charge on any atom is 0.225 e. The number of likely N-dealkylation sites (N-methyl/N-ethyl adjacent to an activating group) is 1. The lowest BCUT2D eigenvalue weighted by Gasteiger charge is -2.41. The van der Waals surface area contributed by atoms with Crippen LogP contribution >= 0.6 is 0 Å². The van der Waals surface area contributed by atoms with E-state index in [4.69, 9.17) is 5.73 Å². The molecule has 0 aliphatic carbocycles. The second-order valence-electron chi connectivity index (χ2n) is 4.82. The first-order valence-electron chi connectivity index (χ1n) is 5.62. The summed E-state index contributed by atoms with van der Waals surface area (Å²) in [5.74, 6) is 0.195. The molecule has 3 heteroatoms. The van der Waals surface area contributed by atoms with Crippen molar-refractivity contribution in [2.24, 2.45) is 11.7 Å². The van der Waals surface area contributed by atoms with E-state index in [1.54, 1.807) is 4.90 Å². The number of rotatable bonds is 1. The summed E-state index contributed by atoms with van der Waals surface area (Å²) in [4.78, 5) is 13.5. The zero-order valence-electron chi connectivity index (χ0n) is 9.81. The second-order valence-corrected chi connectivity index (χ2v) is 4.82. The first-order valence-corrected chi connectivity index (χ1v) is 5.62. The largest absolute Gasteiger partial charge is 0.343 e. The van der Waals surface area contributed by atoms with Gasteiger partial charge in [-0.05, 0) is 12.0 Å². The molecule has 1 aliphatic rings. The third kappa shape index (κ3) is 1.83. The fraction of sp³-hybridized carbons (Fsp3) is 0.462. The van der Waals surface area contributed by atoms with Crippen molar-refractivity contribution in [3.05, 3.63) is 35.9 Å². The predicted octanol–water partition coefficient (Wildman–Crippen LogP) is 1.34. The fourth-order valence-corrected chi connectivity index (χ4v) is 2.55. The van der Waals surface area contributed by atoms with Crippen molar-refractivity contribution >= 4 is 5.91 Å². The summed E-state index contributed by atoms with van der Waals surface area (Å²) in [5.41, 5.74) is 7.14. The van der Waals surface area contributed by atoms with Crippen molar-refractivity contribution in [1.82, 2.24) is 4.90 Å². The predicted molar refractivity (Wildman–Crippen MR) is 63.7 cm³/mol. The number of likely N-dealkylation sites (tertiary alicyclic amines) is 1. The van der Waals surface area contributed by atoms with Gasteiger partial charge in [0.1, 0.15) is 0 Å². The van der Waals surface area contributed by atoms with Gasteiger partial charge in [-0.3, -0.25) is 4.79 Å². The minimum Gasteiger partial charge on any atom is -0.343 e. The molecule has 1 amide bonds. The Balaban J connectivity index is 2.30. The third-order valence-corrected chi connectivity index (χ3v) is 3.34. The Morgan fingerprint density at radius 3 is 2.56 bits per heavy atom. The number of hydrogen-bond acceptors (Lipinski definition) is 2. The molecule has 86 valence electrons. The number of piperidine rings is 1. The molecule has 1 aromatic carbocycles. The SMILES string of the molecule is CC1CC(N)(c2ccccc2)CN(C)C1=O. The third-order valence-electron chi connectivity index (χ3n) is 3.34. The molecule has 0 saturated carbocycles. The summed E-state index contributed by atoms with van der Waals surface area (Å²) in [6, 6.07) is 10.0. The summed E-state index contributed by atoms with van der Waals surface area (Å²) in [6.07, 6.45) is 0.722. The van der Waals surface area contributed by atoms with Crippen LogP contribution in [0.1, 0.15) is 18.9 Å². The minimum atomic E-state index is -0.399. The second kappa shape index (κ2) is 3.91. The Labute approximate surface area is 96.2 Å². The minimum absolute atomic E-state index is 0.00366. The van der Waals surface area contributed by atoms with Crippen molar-refractivity contribution < 1.29 is 4.79 Å². The van der Waals surface area contributed by atoms with Crippen molar-refractivity contribution in [3.8, 4) is 0 Å². The average Bonchev–Trinajstić information content (AvgIpc) is 2.27. The molecule has 3 nitrogen and oxygen atoms in total. The van der Waals surface area contributed by atoms with Crippen LogP contribution in [0.15, 0.2) is 30.3 Å². The highest BCUT2D eigenvalue weighted by atomic mass is 16.2. The standard InChI is InChI=1S/C13H18N2O/c1-10-8-13(14,9-15(2)12(10)16)11-6-4-3-5-7-11/h3-7,10H,8-9,14H2,1-2H3. The maximum atomic E-state index is 11.7. The van der Waals surface area contributed by atoms with Gasteiger partial charge in [0.2, 0.25) is 5.91 Å². The van der Waals surface area contributed by atoms with Crippen LogP contribution in [0.2, 0.25) is 0 Å².